The summed E-state index contributed by atoms with van der Waals surface area (Å²) < 4.78 is 6.81. The average Bonchev–Trinajstić information content (AvgIpc) is 3.38. The number of piperazine rings is 1. The molecule has 41 heavy (non-hydrogen) atoms. The molecular formula is C30H27B2N7O2. The zero-order valence-electron chi connectivity index (χ0n) is 23.1. The molecule has 3 saturated heterocycles. The molecule has 7 rings (SSSR count). The molecule has 9 nitrogen and oxygen atoms in total. The van der Waals surface area contributed by atoms with E-state index in [-0.39, 0.29) is 12.1 Å². The third kappa shape index (κ3) is 4.93. The van der Waals surface area contributed by atoms with Crippen molar-refractivity contribution in [2.45, 2.75) is 43.3 Å². The smallest absolute Gasteiger partial charge is 0.212 e. The van der Waals surface area contributed by atoms with Gasteiger partial charge in [0, 0.05) is 66.5 Å². The summed E-state index contributed by atoms with van der Waals surface area (Å²) in [5.41, 5.74) is 3.04. The first kappa shape index (κ1) is 26.9. The molecule has 0 spiro atoms. The maximum absolute atomic E-state index is 10.1. The number of aromatic nitrogens is 4. The summed E-state index contributed by atoms with van der Waals surface area (Å²) in [5, 5.41) is 22.9. The second kappa shape index (κ2) is 9.95. The van der Waals surface area contributed by atoms with Gasteiger partial charge in [-0.15, -0.1) is 0 Å². The lowest BCUT2D eigenvalue weighted by atomic mass is 9.54. The van der Waals surface area contributed by atoms with Crippen LogP contribution in [0.2, 0.25) is 0 Å². The molecule has 1 N–H and O–H groups in total. The van der Waals surface area contributed by atoms with Crippen LogP contribution in [0.15, 0.2) is 55.1 Å². The van der Waals surface area contributed by atoms with E-state index in [4.69, 9.17) is 25.4 Å². The minimum Gasteiger partial charge on any atom is -0.481 e. The van der Waals surface area contributed by atoms with Crippen LogP contribution in [0, 0.1) is 23.2 Å². The van der Waals surface area contributed by atoms with Gasteiger partial charge in [0.2, 0.25) is 5.88 Å². The van der Waals surface area contributed by atoms with E-state index < -0.39 is 10.9 Å². The van der Waals surface area contributed by atoms with Crippen LogP contribution in [0.25, 0.3) is 16.6 Å². The van der Waals surface area contributed by atoms with Crippen LogP contribution < -0.4 is 9.64 Å². The van der Waals surface area contributed by atoms with E-state index in [1.165, 1.54) is 6.20 Å². The highest BCUT2D eigenvalue weighted by Gasteiger charge is 2.50. The van der Waals surface area contributed by atoms with Gasteiger partial charge in [-0.25, -0.2) is 14.5 Å². The van der Waals surface area contributed by atoms with Crippen molar-refractivity contribution >= 4 is 27.0 Å². The quantitative estimate of drug-likeness (QED) is 0.305. The molecule has 2 unspecified atom stereocenters. The lowest BCUT2D eigenvalue weighted by Gasteiger charge is -2.63. The number of ether oxygens (including phenoxy) is 1. The number of fused-ring (bicyclic) bond motifs is 3. The Hall–Kier alpha value is -4.31. The second-order valence-corrected chi connectivity index (χ2v) is 11.1. The van der Waals surface area contributed by atoms with E-state index in [1.807, 2.05) is 30.5 Å². The summed E-state index contributed by atoms with van der Waals surface area (Å²) in [6, 6.07) is 12.1. The molecule has 4 aromatic heterocycles. The molecule has 3 fully saturated rings. The van der Waals surface area contributed by atoms with Crippen molar-refractivity contribution in [1.82, 2.24) is 24.5 Å². The Morgan fingerprint density at radius 2 is 1.85 bits per heavy atom. The van der Waals surface area contributed by atoms with E-state index in [1.54, 1.807) is 43.9 Å². The van der Waals surface area contributed by atoms with Gasteiger partial charge in [-0.1, -0.05) is 17.9 Å². The Balaban J connectivity index is 1.24. The number of methoxy groups -OCH3 is 1. The summed E-state index contributed by atoms with van der Waals surface area (Å²) in [6.07, 6.45) is 7.79. The molecule has 0 aliphatic carbocycles. The maximum Gasteiger partial charge on any atom is 0.212 e. The van der Waals surface area contributed by atoms with Crippen molar-refractivity contribution in [2.24, 2.45) is 0 Å². The molecular weight excluding hydrogens is 512 g/mol. The van der Waals surface area contributed by atoms with Gasteiger partial charge in [-0.2, -0.15) is 10.4 Å². The standard InChI is InChI=1S/C30H27B2N7O2/c1-29(2,40)9-8-19-10-25(28-21(12-33)14-36-38(28)16-19)20-4-6-26(34-13-20)37-17-23-11-24(18-37)39(23)30(31,32)22-5-7-27(41-3)35-15-22/h4-7,10,13-16,23-24,40H,11,17-18H2,1-3H3. The number of aliphatic hydroxyl groups is 1. The Morgan fingerprint density at radius 3 is 2.46 bits per heavy atom. The third-order valence-electron chi connectivity index (χ3n) is 7.66. The normalized spacial score (nSPS) is 18.8. The number of pyridine rings is 3. The number of hydrogen-bond donors (Lipinski definition) is 1. The highest BCUT2D eigenvalue weighted by atomic mass is 16.5. The predicted molar refractivity (Wildman–Crippen MR) is 157 cm³/mol. The van der Waals surface area contributed by atoms with Gasteiger partial charge < -0.3 is 19.6 Å². The summed E-state index contributed by atoms with van der Waals surface area (Å²) >= 11 is 0. The van der Waals surface area contributed by atoms with E-state index in [9.17, 15) is 10.4 Å². The molecule has 2 bridgehead atoms. The molecule has 3 aliphatic heterocycles. The van der Waals surface area contributed by atoms with Crippen LogP contribution in [0.3, 0.4) is 0 Å². The minimum absolute atomic E-state index is 0.183. The van der Waals surface area contributed by atoms with Crippen LogP contribution in [-0.2, 0) is 5.34 Å². The molecule has 0 aromatic carbocycles. The number of hydrogen-bond acceptors (Lipinski definition) is 8. The number of nitrogens with zero attached hydrogens (tertiary/aromatic N) is 7. The lowest BCUT2D eigenvalue weighted by Crippen LogP contribution is -2.74. The van der Waals surface area contributed by atoms with Crippen molar-refractivity contribution in [3.05, 3.63) is 71.8 Å². The largest absolute Gasteiger partial charge is 0.481 e. The fourth-order valence-corrected chi connectivity index (χ4v) is 5.74. The number of piperidine rings is 1. The first-order valence-corrected chi connectivity index (χ1v) is 13.3. The van der Waals surface area contributed by atoms with Crippen molar-refractivity contribution in [1.29, 1.82) is 5.26 Å². The topological polar surface area (TPSA) is 103 Å². The monoisotopic (exact) mass is 539 g/mol. The first-order valence-electron chi connectivity index (χ1n) is 13.3. The summed E-state index contributed by atoms with van der Waals surface area (Å²) in [4.78, 5) is 13.5. The molecule has 0 saturated carbocycles. The van der Waals surface area contributed by atoms with Crippen LogP contribution in [0.5, 0.6) is 5.88 Å². The minimum atomic E-state index is -1.13. The maximum atomic E-state index is 10.1. The van der Waals surface area contributed by atoms with Crippen LogP contribution >= 0.6 is 0 Å². The highest BCUT2D eigenvalue weighted by molar-refractivity contribution is 6.39. The highest BCUT2D eigenvalue weighted by Crippen LogP contribution is 2.41. The molecule has 200 valence electrons. The Kier molecular flexibility index (Phi) is 6.53. The summed E-state index contributed by atoms with van der Waals surface area (Å²) in [7, 11) is 14.9. The van der Waals surface area contributed by atoms with Crippen molar-refractivity contribution < 1.29 is 9.84 Å². The fraction of sp³-hybridized carbons (Fsp3) is 0.333. The van der Waals surface area contributed by atoms with Gasteiger partial charge in [0.05, 0.1) is 40.1 Å². The fourth-order valence-electron chi connectivity index (χ4n) is 5.74. The molecule has 7 heterocycles. The van der Waals surface area contributed by atoms with Gasteiger partial charge in [0.15, 0.2) is 0 Å². The van der Waals surface area contributed by atoms with E-state index >= 15 is 0 Å². The number of rotatable bonds is 5. The predicted octanol–water partition coefficient (Wildman–Crippen LogP) is 2.20. The van der Waals surface area contributed by atoms with Crippen molar-refractivity contribution in [2.75, 3.05) is 25.1 Å². The van der Waals surface area contributed by atoms with Crippen LogP contribution in [0.1, 0.15) is 37.0 Å². The average molecular weight is 539 g/mol. The zero-order valence-corrected chi connectivity index (χ0v) is 23.1. The molecule has 2 atom stereocenters. The summed E-state index contributed by atoms with van der Waals surface area (Å²) in [6.45, 7) is 4.75. The second-order valence-electron chi connectivity index (χ2n) is 11.1. The SMILES string of the molecule is [B]C([B])(c1ccc(OC)nc1)N1C2CC1CN(c1ccc(-c3cc(C#CC(C)(C)O)cn4ncc(C#N)c34)cn1)C2. The Bertz CT molecular complexity index is 1700. The van der Waals surface area contributed by atoms with Crippen molar-refractivity contribution in [3.8, 4) is 34.9 Å². The van der Waals surface area contributed by atoms with E-state index in [0.29, 0.717) is 22.5 Å². The van der Waals surface area contributed by atoms with Gasteiger partial charge in [0.1, 0.15) is 17.5 Å². The molecule has 0 amide bonds. The van der Waals surface area contributed by atoms with E-state index in [0.717, 1.165) is 42.0 Å². The molecule has 11 heteroatoms. The van der Waals surface area contributed by atoms with Crippen LogP contribution in [0.4, 0.5) is 5.82 Å². The number of nitriles is 1. The van der Waals surface area contributed by atoms with Gasteiger partial charge in [0.25, 0.3) is 0 Å². The zero-order chi connectivity index (χ0) is 28.9. The first-order chi connectivity index (χ1) is 19.6. The van der Waals surface area contributed by atoms with Gasteiger partial charge in [-0.3, -0.25) is 0 Å². The Morgan fingerprint density at radius 1 is 1.07 bits per heavy atom. The third-order valence-corrected chi connectivity index (χ3v) is 7.66. The van der Waals surface area contributed by atoms with Crippen LogP contribution in [-0.4, -0.2) is 83.2 Å². The lowest BCUT2D eigenvalue weighted by molar-refractivity contribution is -0.0304. The van der Waals surface area contributed by atoms with Gasteiger partial charge >= 0.3 is 0 Å². The number of anilines is 1. The molecule has 4 radical (unpaired) electrons. The van der Waals surface area contributed by atoms with Gasteiger partial charge in [-0.05, 0) is 49.4 Å². The van der Waals surface area contributed by atoms with E-state index in [2.05, 4.69) is 37.8 Å². The Labute approximate surface area is 241 Å². The molecule has 3 aliphatic rings. The van der Waals surface area contributed by atoms with Crippen molar-refractivity contribution in [3.63, 3.8) is 0 Å². The molecule has 4 aromatic rings. The summed E-state index contributed by atoms with van der Waals surface area (Å²) in [5.74, 6) is 7.22.